The lowest BCUT2D eigenvalue weighted by Crippen LogP contribution is -2.31. The van der Waals surface area contributed by atoms with Gasteiger partial charge in [0.2, 0.25) is 5.91 Å². The maximum absolute atomic E-state index is 13.3. The molecule has 174 valence electrons. The number of amides is 1. The smallest absolute Gasteiger partial charge is 0.323 e. The van der Waals surface area contributed by atoms with Crippen LogP contribution in [0.4, 0.5) is 18.9 Å². The van der Waals surface area contributed by atoms with Crippen molar-refractivity contribution in [3.8, 4) is 5.69 Å². The number of benzene rings is 2. The average Bonchev–Trinajstić information content (AvgIpc) is 3.54. The lowest BCUT2D eigenvalue weighted by molar-refractivity contribution is -0.137. The number of rotatable bonds is 5. The summed E-state index contributed by atoms with van der Waals surface area (Å²) >= 11 is 5.97. The highest BCUT2D eigenvalue weighted by atomic mass is 35.5. The van der Waals surface area contributed by atoms with Gasteiger partial charge in [0.05, 0.1) is 33.9 Å². The van der Waals surface area contributed by atoms with Gasteiger partial charge >= 0.3 is 6.18 Å². The maximum atomic E-state index is 13.3. The van der Waals surface area contributed by atoms with Crippen molar-refractivity contribution in [2.45, 2.75) is 31.5 Å². The second-order valence-electron chi connectivity index (χ2n) is 8.02. The molecule has 1 amide bonds. The average molecular weight is 488 g/mol. The van der Waals surface area contributed by atoms with E-state index in [9.17, 15) is 22.8 Å². The third kappa shape index (κ3) is 4.16. The Labute approximate surface area is 195 Å². The molecule has 34 heavy (non-hydrogen) atoms. The molecule has 0 spiro atoms. The Morgan fingerprint density at radius 1 is 1.15 bits per heavy atom. The van der Waals surface area contributed by atoms with Crippen molar-refractivity contribution in [3.63, 3.8) is 0 Å². The van der Waals surface area contributed by atoms with Crippen LogP contribution in [0.3, 0.4) is 0 Å². The van der Waals surface area contributed by atoms with Gasteiger partial charge in [-0.2, -0.15) is 23.4 Å². The van der Waals surface area contributed by atoms with Crippen molar-refractivity contribution < 1.29 is 18.0 Å². The van der Waals surface area contributed by atoms with E-state index in [1.807, 2.05) is 18.2 Å². The van der Waals surface area contributed by atoms with Gasteiger partial charge in [-0.1, -0.05) is 29.8 Å². The number of carbonyl (C=O) groups is 1. The predicted molar refractivity (Wildman–Crippen MR) is 120 cm³/mol. The lowest BCUT2D eigenvalue weighted by atomic mass is 10.2. The Kier molecular flexibility index (Phi) is 5.40. The van der Waals surface area contributed by atoms with Gasteiger partial charge < -0.3 is 5.32 Å². The third-order valence-corrected chi connectivity index (χ3v) is 5.87. The fourth-order valence-electron chi connectivity index (χ4n) is 3.75. The Balaban J connectivity index is 1.52. The first-order valence-corrected chi connectivity index (χ1v) is 10.8. The van der Waals surface area contributed by atoms with Gasteiger partial charge in [0.1, 0.15) is 12.1 Å². The molecule has 1 fully saturated rings. The first-order valence-electron chi connectivity index (χ1n) is 10.4. The van der Waals surface area contributed by atoms with Crippen molar-refractivity contribution in [3.05, 3.63) is 81.4 Å². The van der Waals surface area contributed by atoms with Crippen LogP contribution in [0.2, 0.25) is 5.02 Å². The van der Waals surface area contributed by atoms with Crippen LogP contribution in [0, 0.1) is 0 Å². The monoisotopic (exact) mass is 487 g/mol. The molecule has 4 aromatic rings. The predicted octanol–water partition coefficient (Wildman–Crippen LogP) is 4.77. The van der Waals surface area contributed by atoms with E-state index in [-0.39, 0.29) is 22.1 Å². The lowest BCUT2D eigenvalue weighted by Gasteiger charge is -2.13. The Bertz CT molecular complexity index is 1460. The number of carbonyl (C=O) groups excluding carboxylic acids is 1. The van der Waals surface area contributed by atoms with Crippen LogP contribution in [-0.4, -0.2) is 25.5 Å². The quantitative estimate of drug-likeness (QED) is 0.439. The van der Waals surface area contributed by atoms with Gasteiger partial charge in [-0.3, -0.25) is 9.59 Å². The molecule has 2 heterocycles. The van der Waals surface area contributed by atoms with Crippen LogP contribution in [-0.2, 0) is 17.5 Å². The molecule has 0 aliphatic heterocycles. The molecule has 2 aromatic heterocycles. The molecule has 7 nitrogen and oxygen atoms in total. The number of aromatic nitrogens is 4. The second kappa shape index (κ2) is 8.28. The fraction of sp³-hybridized carbons (Fsp3) is 0.217. The number of alkyl halides is 3. The molecule has 2 aromatic carbocycles. The molecular formula is C23H17ClF3N5O2. The Hall–Kier alpha value is -3.66. The number of hydrogen-bond donors (Lipinski definition) is 1. The first kappa shape index (κ1) is 22.1. The number of halogens is 4. The molecule has 11 heteroatoms. The summed E-state index contributed by atoms with van der Waals surface area (Å²) in [5, 5.41) is 11.7. The highest BCUT2D eigenvalue weighted by Gasteiger charge is 2.32. The normalized spacial score (nSPS) is 13.9. The summed E-state index contributed by atoms with van der Waals surface area (Å²) in [5.74, 6) is -0.577. The van der Waals surface area contributed by atoms with E-state index in [0.29, 0.717) is 16.8 Å². The minimum Gasteiger partial charge on any atom is -0.323 e. The third-order valence-electron chi connectivity index (χ3n) is 5.54. The number of fused-ring (bicyclic) bond motifs is 1. The summed E-state index contributed by atoms with van der Waals surface area (Å²) in [7, 11) is 0. The minimum absolute atomic E-state index is 0.0575. The van der Waals surface area contributed by atoms with Gasteiger partial charge in [-0.05, 0) is 43.2 Å². The number of para-hydroxylation sites is 1. The van der Waals surface area contributed by atoms with E-state index in [1.54, 1.807) is 18.3 Å². The molecule has 1 saturated carbocycles. The summed E-state index contributed by atoms with van der Waals surface area (Å²) in [5.41, 5.74) is -0.0610. The summed E-state index contributed by atoms with van der Waals surface area (Å²) < 4.78 is 41.6. The summed E-state index contributed by atoms with van der Waals surface area (Å²) in [6.07, 6.45) is -1.19. The first-order chi connectivity index (χ1) is 16.2. The van der Waals surface area contributed by atoms with E-state index < -0.39 is 29.8 Å². The van der Waals surface area contributed by atoms with Gasteiger partial charge in [0.15, 0.2) is 0 Å². The standard InChI is InChI=1S/C23H17ClF3N5O2/c24-17-9-8-14(23(25,26)27)10-18(17)29-19(33)12-31-22(34)21-16(20(30-31)13-6-7-13)11-28-32(21)15-4-2-1-3-5-15/h1-5,8-11,13H,6-7,12H2,(H,29,33). The zero-order valence-electron chi connectivity index (χ0n) is 17.5. The maximum Gasteiger partial charge on any atom is 0.416 e. The van der Waals surface area contributed by atoms with E-state index >= 15 is 0 Å². The molecule has 5 rings (SSSR count). The molecule has 0 atom stereocenters. The van der Waals surface area contributed by atoms with Crippen LogP contribution in [0.1, 0.15) is 30.0 Å². The highest BCUT2D eigenvalue weighted by Crippen LogP contribution is 2.41. The number of nitrogens with one attached hydrogen (secondary N) is 1. The van der Waals surface area contributed by atoms with E-state index in [2.05, 4.69) is 15.5 Å². The molecule has 1 aliphatic rings. The molecular weight excluding hydrogens is 471 g/mol. The molecule has 1 N–H and O–H groups in total. The van der Waals surface area contributed by atoms with Gasteiger partial charge in [-0.15, -0.1) is 0 Å². The molecule has 1 aliphatic carbocycles. The molecule has 0 radical (unpaired) electrons. The number of hydrogen-bond acceptors (Lipinski definition) is 4. The second-order valence-corrected chi connectivity index (χ2v) is 8.42. The van der Waals surface area contributed by atoms with Crippen molar-refractivity contribution in [2.24, 2.45) is 0 Å². The summed E-state index contributed by atoms with van der Waals surface area (Å²) in [6.45, 7) is -0.499. The van der Waals surface area contributed by atoms with E-state index in [0.717, 1.165) is 35.7 Å². The van der Waals surface area contributed by atoms with Crippen LogP contribution in [0.25, 0.3) is 16.6 Å². The summed E-state index contributed by atoms with van der Waals surface area (Å²) in [4.78, 5) is 26.0. The largest absolute Gasteiger partial charge is 0.416 e. The zero-order valence-corrected chi connectivity index (χ0v) is 18.3. The SMILES string of the molecule is O=C(Cn1nc(C2CC2)c2cnn(-c3ccccc3)c2c1=O)Nc1cc(C(F)(F)F)ccc1Cl. The van der Waals surface area contributed by atoms with Crippen LogP contribution in [0.15, 0.2) is 59.5 Å². The van der Waals surface area contributed by atoms with Gasteiger partial charge in [0, 0.05) is 11.3 Å². The Morgan fingerprint density at radius 2 is 1.88 bits per heavy atom. The highest BCUT2D eigenvalue weighted by molar-refractivity contribution is 6.33. The van der Waals surface area contributed by atoms with Crippen LogP contribution < -0.4 is 10.9 Å². The van der Waals surface area contributed by atoms with Crippen molar-refractivity contribution >= 4 is 34.1 Å². The van der Waals surface area contributed by atoms with Crippen LogP contribution >= 0.6 is 11.6 Å². The molecule has 0 saturated heterocycles. The van der Waals surface area contributed by atoms with Crippen molar-refractivity contribution in [1.29, 1.82) is 0 Å². The molecule has 0 unspecified atom stereocenters. The number of anilines is 1. The summed E-state index contributed by atoms with van der Waals surface area (Å²) in [6, 6.07) is 11.7. The topological polar surface area (TPSA) is 81.8 Å². The van der Waals surface area contributed by atoms with E-state index in [1.165, 1.54) is 4.68 Å². The van der Waals surface area contributed by atoms with E-state index in [4.69, 9.17) is 11.6 Å². The Morgan fingerprint density at radius 3 is 2.56 bits per heavy atom. The van der Waals surface area contributed by atoms with Gasteiger partial charge in [-0.25, -0.2) is 9.36 Å². The van der Waals surface area contributed by atoms with Gasteiger partial charge in [0.25, 0.3) is 5.56 Å². The van der Waals surface area contributed by atoms with Crippen molar-refractivity contribution in [2.75, 3.05) is 5.32 Å². The molecule has 0 bridgehead atoms. The van der Waals surface area contributed by atoms with Crippen LogP contribution in [0.5, 0.6) is 0 Å². The number of nitrogens with zero attached hydrogens (tertiary/aromatic N) is 4. The zero-order chi connectivity index (χ0) is 24.0. The fourth-order valence-corrected chi connectivity index (χ4v) is 3.91. The van der Waals surface area contributed by atoms with Crippen molar-refractivity contribution in [1.82, 2.24) is 19.6 Å². The minimum atomic E-state index is -4.59.